The molecule has 18 heavy (non-hydrogen) atoms. The number of hydrogen-bond acceptors (Lipinski definition) is 3. The second kappa shape index (κ2) is 6.21. The van der Waals surface area contributed by atoms with E-state index < -0.39 is 6.10 Å². The highest BCUT2D eigenvalue weighted by Crippen LogP contribution is 2.29. The second-order valence-corrected chi connectivity index (χ2v) is 5.17. The highest BCUT2D eigenvalue weighted by Gasteiger charge is 2.21. The molecule has 0 bridgehead atoms. The van der Waals surface area contributed by atoms with E-state index in [-0.39, 0.29) is 0 Å². The standard InChI is InChI=1S/C15H23NO2/c1-12(17)14-5-3-4-6-15(14)16(2)9-10-18-11-13-7-8-13/h3-6,12-13,17H,7-11H2,1-2H3/t12-/m0/s1. The third-order valence-corrected chi connectivity index (χ3v) is 3.42. The summed E-state index contributed by atoms with van der Waals surface area (Å²) in [5.74, 6) is 0.819. The third kappa shape index (κ3) is 3.72. The van der Waals surface area contributed by atoms with Crippen LogP contribution in [0.3, 0.4) is 0 Å². The highest BCUT2D eigenvalue weighted by molar-refractivity contribution is 5.53. The summed E-state index contributed by atoms with van der Waals surface area (Å²) in [6.45, 7) is 4.32. The van der Waals surface area contributed by atoms with Crippen LogP contribution in [0.2, 0.25) is 0 Å². The predicted molar refractivity (Wildman–Crippen MR) is 73.9 cm³/mol. The average molecular weight is 249 g/mol. The summed E-state index contributed by atoms with van der Waals surface area (Å²) in [6.07, 6.45) is 2.23. The van der Waals surface area contributed by atoms with Gasteiger partial charge >= 0.3 is 0 Å². The van der Waals surface area contributed by atoms with Crippen molar-refractivity contribution in [3.63, 3.8) is 0 Å². The lowest BCUT2D eigenvalue weighted by molar-refractivity contribution is 0.130. The minimum atomic E-state index is -0.434. The van der Waals surface area contributed by atoms with E-state index in [1.165, 1.54) is 12.8 Å². The van der Waals surface area contributed by atoms with Crippen LogP contribution in [0, 0.1) is 5.92 Å². The number of ether oxygens (including phenoxy) is 1. The van der Waals surface area contributed by atoms with Gasteiger partial charge in [0.1, 0.15) is 0 Å². The van der Waals surface area contributed by atoms with Crippen molar-refractivity contribution >= 4 is 5.69 Å². The van der Waals surface area contributed by atoms with Gasteiger partial charge in [-0.25, -0.2) is 0 Å². The van der Waals surface area contributed by atoms with Gasteiger partial charge in [-0.15, -0.1) is 0 Å². The van der Waals surface area contributed by atoms with E-state index in [4.69, 9.17) is 4.74 Å². The zero-order valence-electron chi connectivity index (χ0n) is 11.3. The Hall–Kier alpha value is -1.06. The SMILES string of the molecule is C[C@H](O)c1ccccc1N(C)CCOCC1CC1. The second-order valence-electron chi connectivity index (χ2n) is 5.17. The topological polar surface area (TPSA) is 32.7 Å². The Morgan fingerprint density at radius 1 is 1.39 bits per heavy atom. The maximum atomic E-state index is 9.75. The van der Waals surface area contributed by atoms with Crippen LogP contribution < -0.4 is 4.90 Å². The van der Waals surface area contributed by atoms with E-state index in [2.05, 4.69) is 4.90 Å². The predicted octanol–water partition coefficient (Wildman–Crippen LogP) is 2.60. The van der Waals surface area contributed by atoms with Crippen LogP contribution in [0.5, 0.6) is 0 Å². The monoisotopic (exact) mass is 249 g/mol. The van der Waals surface area contributed by atoms with Crippen molar-refractivity contribution in [1.29, 1.82) is 0 Å². The molecule has 0 radical (unpaired) electrons. The Morgan fingerprint density at radius 3 is 2.78 bits per heavy atom. The number of benzene rings is 1. The van der Waals surface area contributed by atoms with E-state index >= 15 is 0 Å². The Kier molecular flexibility index (Phi) is 4.61. The van der Waals surface area contributed by atoms with Gasteiger partial charge in [-0.1, -0.05) is 18.2 Å². The van der Waals surface area contributed by atoms with Gasteiger partial charge in [0, 0.05) is 31.5 Å². The number of para-hydroxylation sites is 1. The Balaban J connectivity index is 1.84. The Labute approximate surface area is 109 Å². The molecule has 3 heteroatoms. The Bertz CT molecular complexity index is 375. The van der Waals surface area contributed by atoms with Crippen LogP contribution in [0.4, 0.5) is 5.69 Å². The van der Waals surface area contributed by atoms with E-state index in [1.807, 2.05) is 31.3 Å². The summed E-state index contributed by atoms with van der Waals surface area (Å²) in [6, 6.07) is 7.98. The number of hydrogen-bond donors (Lipinski definition) is 1. The molecule has 0 unspecified atom stereocenters. The molecule has 0 amide bonds. The van der Waals surface area contributed by atoms with Gasteiger partial charge in [-0.05, 0) is 31.7 Å². The lowest BCUT2D eigenvalue weighted by atomic mass is 10.1. The molecular weight excluding hydrogens is 226 g/mol. The molecule has 2 rings (SSSR count). The van der Waals surface area contributed by atoms with Gasteiger partial charge in [-0.3, -0.25) is 0 Å². The van der Waals surface area contributed by atoms with E-state index in [1.54, 1.807) is 6.92 Å². The highest BCUT2D eigenvalue weighted by atomic mass is 16.5. The molecule has 0 spiro atoms. The van der Waals surface area contributed by atoms with Crippen molar-refractivity contribution in [3.05, 3.63) is 29.8 Å². The van der Waals surface area contributed by atoms with Crippen molar-refractivity contribution in [2.24, 2.45) is 5.92 Å². The molecule has 0 aliphatic heterocycles. The van der Waals surface area contributed by atoms with Gasteiger partial charge in [0.25, 0.3) is 0 Å². The average Bonchev–Trinajstić information content (AvgIpc) is 3.18. The molecule has 1 fully saturated rings. The molecule has 0 saturated heterocycles. The molecule has 1 atom stereocenters. The number of aliphatic hydroxyl groups is 1. The fourth-order valence-corrected chi connectivity index (χ4v) is 2.04. The fraction of sp³-hybridized carbons (Fsp3) is 0.600. The van der Waals surface area contributed by atoms with E-state index in [9.17, 15) is 5.11 Å². The minimum Gasteiger partial charge on any atom is -0.389 e. The lowest BCUT2D eigenvalue weighted by Gasteiger charge is -2.23. The zero-order chi connectivity index (χ0) is 13.0. The van der Waals surface area contributed by atoms with Crippen molar-refractivity contribution in [1.82, 2.24) is 0 Å². The maximum Gasteiger partial charge on any atom is 0.0781 e. The van der Waals surface area contributed by atoms with Crippen LogP contribution in [0.1, 0.15) is 31.4 Å². The molecule has 100 valence electrons. The number of rotatable bonds is 7. The first kappa shape index (κ1) is 13.4. The molecular formula is C15H23NO2. The number of likely N-dealkylation sites (N-methyl/N-ethyl adjacent to an activating group) is 1. The van der Waals surface area contributed by atoms with Crippen molar-refractivity contribution in [2.75, 3.05) is 31.7 Å². The molecule has 0 heterocycles. The zero-order valence-corrected chi connectivity index (χ0v) is 11.3. The van der Waals surface area contributed by atoms with Gasteiger partial charge in [-0.2, -0.15) is 0 Å². The molecule has 1 aliphatic carbocycles. The third-order valence-electron chi connectivity index (χ3n) is 3.42. The first-order valence-corrected chi connectivity index (χ1v) is 6.74. The fourth-order valence-electron chi connectivity index (χ4n) is 2.04. The normalized spacial score (nSPS) is 16.6. The summed E-state index contributed by atoms with van der Waals surface area (Å²) < 4.78 is 5.65. The molecule has 3 nitrogen and oxygen atoms in total. The summed E-state index contributed by atoms with van der Waals surface area (Å²) >= 11 is 0. The molecule has 1 aromatic rings. The molecule has 0 aromatic heterocycles. The van der Waals surface area contributed by atoms with Gasteiger partial charge in [0.15, 0.2) is 0 Å². The van der Waals surface area contributed by atoms with Crippen molar-refractivity contribution in [2.45, 2.75) is 25.9 Å². The van der Waals surface area contributed by atoms with E-state index in [0.717, 1.165) is 36.9 Å². The lowest BCUT2D eigenvalue weighted by Crippen LogP contribution is -2.24. The van der Waals surface area contributed by atoms with Crippen LogP contribution in [0.15, 0.2) is 24.3 Å². The summed E-state index contributed by atoms with van der Waals surface area (Å²) in [4.78, 5) is 2.15. The van der Waals surface area contributed by atoms with Crippen LogP contribution in [-0.4, -0.2) is 31.9 Å². The molecule has 1 aliphatic rings. The number of aliphatic hydroxyl groups excluding tert-OH is 1. The number of anilines is 1. The largest absolute Gasteiger partial charge is 0.389 e. The summed E-state index contributed by atoms with van der Waals surface area (Å²) in [5, 5.41) is 9.75. The molecule has 1 saturated carbocycles. The Morgan fingerprint density at radius 2 is 2.11 bits per heavy atom. The van der Waals surface area contributed by atoms with Crippen molar-refractivity contribution < 1.29 is 9.84 Å². The van der Waals surface area contributed by atoms with E-state index in [0.29, 0.717) is 0 Å². The molecule has 1 aromatic carbocycles. The van der Waals surface area contributed by atoms with Crippen LogP contribution in [0.25, 0.3) is 0 Å². The van der Waals surface area contributed by atoms with Gasteiger partial charge < -0.3 is 14.7 Å². The van der Waals surface area contributed by atoms with Crippen molar-refractivity contribution in [3.8, 4) is 0 Å². The maximum absolute atomic E-state index is 9.75. The van der Waals surface area contributed by atoms with Crippen LogP contribution >= 0.6 is 0 Å². The van der Waals surface area contributed by atoms with Gasteiger partial charge in [0.2, 0.25) is 0 Å². The quantitative estimate of drug-likeness (QED) is 0.754. The summed E-state index contributed by atoms with van der Waals surface area (Å²) in [5.41, 5.74) is 2.06. The first-order valence-electron chi connectivity index (χ1n) is 6.74. The minimum absolute atomic E-state index is 0.434. The molecule has 1 N–H and O–H groups in total. The first-order chi connectivity index (χ1) is 8.68. The van der Waals surface area contributed by atoms with Crippen LogP contribution in [-0.2, 0) is 4.74 Å². The number of nitrogens with zero attached hydrogens (tertiary/aromatic N) is 1. The smallest absolute Gasteiger partial charge is 0.0781 e. The van der Waals surface area contributed by atoms with Gasteiger partial charge in [0.05, 0.1) is 12.7 Å². The summed E-state index contributed by atoms with van der Waals surface area (Å²) in [7, 11) is 2.04.